The van der Waals surface area contributed by atoms with Crippen molar-refractivity contribution in [3.63, 3.8) is 0 Å². The summed E-state index contributed by atoms with van der Waals surface area (Å²) in [5, 5.41) is 5.82. The van der Waals surface area contributed by atoms with E-state index in [-0.39, 0.29) is 18.0 Å². The van der Waals surface area contributed by atoms with E-state index < -0.39 is 0 Å². The molecule has 3 rings (SSSR count). The zero-order valence-electron chi connectivity index (χ0n) is 14.6. The number of nitrogens with one attached hydrogen (secondary N) is 2. The second-order valence-electron chi connectivity index (χ2n) is 6.10. The van der Waals surface area contributed by atoms with Gasteiger partial charge >= 0.3 is 6.03 Å². The number of carbonyl (C=O) groups is 2. The normalized spacial score (nSPS) is 16.3. The third-order valence-corrected chi connectivity index (χ3v) is 5.27. The fourth-order valence-corrected chi connectivity index (χ4v) is 3.77. The Hall–Kier alpha value is -2.47. The molecule has 5 nitrogen and oxygen atoms in total. The summed E-state index contributed by atoms with van der Waals surface area (Å²) in [5.41, 5.74) is 0.739. The molecule has 1 aliphatic rings. The molecule has 6 heteroatoms. The average molecular weight is 369 g/mol. The second kappa shape index (κ2) is 9.29. The molecule has 0 radical (unpaired) electrons. The fourth-order valence-electron chi connectivity index (χ4n) is 2.98. The highest BCUT2D eigenvalue weighted by atomic mass is 32.2. The van der Waals surface area contributed by atoms with Gasteiger partial charge in [-0.2, -0.15) is 0 Å². The lowest BCUT2D eigenvalue weighted by Crippen LogP contribution is -2.47. The van der Waals surface area contributed by atoms with Crippen LogP contribution in [0.2, 0.25) is 0 Å². The van der Waals surface area contributed by atoms with Gasteiger partial charge in [0, 0.05) is 29.4 Å². The molecule has 0 saturated carbocycles. The van der Waals surface area contributed by atoms with Crippen LogP contribution in [0.4, 0.5) is 10.5 Å². The number of nitrogens with zero attached hydrogens (tertiary/aromatic N) is 1. The van der Waals surface area contributed by atoms with Gasteiger partial charge in [0.2, 0.25) is 5.91 Å². The predicted octanol–water partition coefficient (Wildman–Crippen LogP) is 3.59. The molecular weight excluding hydrogens is 346 g/mol. The number of urea groups is 1. The standard InChI is InChI=1S/C20H23N3O2S/c24-19(21-13-15-26-17-10-5-2-6-11-17)18-12-7-14-23(18)20(25)22-16-8-3-1-4-9-16/h1-6,8-11,18H,7,12-15H2,(H,21,24)(H,22,25)/t18-/m0/s1. The number of para-hydroxylation sites is 1. The van der Waals surface area contributed by atoms with Crippen molar-refractivity contribution < 1.29 is 9.59 Å². The van der Waals surface area contributed by atoms with Crippen LogP contribution in [0, 0.1) is 0 Å². The highest BCUT2D eigenvalue weighted by Gasteiger charge is 2.33. The van der Waals surface area contributed by atoms with Crippen LogP contribution in [0.15, 0.2) is 65.6 Å². The third-order valence-electron chi connectivity index (χ3n) is 4.25. The van der Waals surface area contributed by atoms with Crippen molar-refractivity contribution in [2.24, 2.45) is 0 Å². The van der Waals surface area contributed by atoms with Gasteiger partial charge in [0.15, 0.2) is 0 Å². The molecular formula is C20H23N3O2S. The molecule has 3 amide bonds. The van der Waals surface area contributed by atoms with Crippen LogP contribution in [0.25, 0.3) is 0 Å². The molecule has 136 valence electrons. The number of likely N-dealkylation sites (tertiary alicyclic amines) is 1. The zero-order chi connectivity index (χ0) is 18.2. The summed E-state index contributed by atoms with van der Waals surface area (Å²) < 4.78 is 0. The van der Waals surface area contributed by atoms with Gasteiger partial charge in [-0.3, -0.25) is 4.79 Å². The Bertz CT molecular complexity index is 724. The lowest BCUT2D eigenvalue weighted by atomic mass is 10.2. The molecule has 1 atom stereocenters. The van der Waals surface area contributed by atoms with E-state index in [2.05, 4.69) is 22.8 Å². The summed E-state index contributed by atoms with van der Waals surface area (Å²) in [6.45, 7) is 1.19. The van der Waals surface area contributed by atoms with Gasteiger partial charge in [-0.15, -0.1) is 11.8 Å². The smallest absolute Gasteiger partial charge is 0.322 e. The number of thioether (sulfide) groups is 1. The Balaban J connectivity index is 1.46. The third kappa shape index (κ3) is 5.02. The van der Waals surface area contributed by atoms with Crippen molar-refractivity contribution in [3.8, 4) is 0 Å². The zero-order valence-corrected chi connectivity index (χ0v) is 15.4. The Morgan fingerprint density at radius 3 is 2.46 bits per heavy atom. The molecule has 1 aliphatic heterocycles. The lowest BCUT2D eigenvalue weighted by molar-refractivity contribution is -0.124. The van der Waals surface area contributed by atoms with Crippen molar-refractivity contribution in [3.05, 3.63) is 60.7 Å². The fraction of sp³-hybridized carbons (Fsp3) is 0.300. The molecule has 26 heavy (non-hydrogen) atoms. The van der Waals surface area contributed by atoms with Crippen LogP contribution >= 0.6 is 11.8 Å². The highest BCUT2D eigenvalue weighted by molar-refractivity contribution is 7.99. The number of hydrogen-bond acceptors (Lipinski definition) is 3. The van der Waals surface area contributed by atoms with E-state index >= 15 is 0 Å². The number of carbonyl (C=O) groups excluding carboxylic acids is 2. The SMILES string of the molecule is O=C(NCCSc1ccccc1)[C@@H]1CCCN1C(=O)Nc1ccccc1. The van der Waals surface area contributed by atoms with Crippen LogP contribution in [-0.4, -0.2) is 41.7 Å². The van der Waals surface area contributed by atoms with Gasteiger partial charge in [0.25, 0.3) is 0 Å². The van der Waals surface area contributed by atoms with E-state index in [1.54, 1.807) is 16.7 Å². The molecule has 0 spiro atoms. The minimum atomic E-state index is -0.388. The molecule has 1 heterocycles. The summed E-state index contributed by atoms with van der Waals surface area (Å²) in [7, 11) is 0. The molecule has 1 fully saturated rings. The molecule has 0 unspecified atom stereocenters. The van der Waals surface area contributed by atoms with E-state index in [0.717, 1.165) is 17.9 Å². The number of amides is 3. The van der Waals surface area contributed by atoms with Crippen LogP contribution in [-0.2, 0) is 4.79 Å². The van der Waals surface area contributed by atoms with E-state index in [0.29, 0.717) is 19.5 Å². The van der Waals surface area contributed by atoms with Gasteiger partial charge in [-0.25, -0.2) is 4.79 Å². The van der Waals surface area contributed by atoms with Gasteiger partial charge in [-0.05, 0) is 37.1 Å². The number of hydrogen-bond donors (Lipinski definition) is 2. The van der Waals surface area contributed by atoms with Crippen LogP contribution in [0.1, 0.15) is 12.8 Å². The summed E-state index contributed by atoms with van der Waals surface area (Å²) in [4.78, 5) is 27.8. The summed E-state index contributed by atoms with van der Waals surface area (Å²) in [6.07, 6.45) is 1.55. The predicted molar refractivity (Wildman–Crippen MR) is 105 cm³/mol. The quantitative estimate of drug-likeness (QED) is 0.604. The van der Waals surface area contributed by atoms with E-state index in [9.17, 15) is 9.59 Å². The molecule has 0 bridgehead atoms. The molecule has 2 aromatic carbocycles. The van der Waals surface area contributed by atoms with E-state index in [4.69, 9.17) is 0 Å². The van der Waals surface area contributed by atoms with Gasteiger partial charge in [0.05, 0.1) is 0 Å². The Labute approximate surface area is 158 Å². The first-order valence-electron chi connectivity index (χ1n) is 8.82. The Kier molecular flexibility index (Phi) is 6.55. The minimum absolute atomic E-state index is 0.0700. The minimum Gasteiger partial charge on any atom is -0.353 e. The first-order valence-corrected chi connectivity index (χ1v) is 9.81. The van der Waals surface area contributed by atoms with Crippen LogP contribution in [0.5, 0.6) is 0 Å². The summed E-state index contributed by atoms with van der Waals surface area (Å²) >= 11 is 1.71. The van der Waals surface area contributed by atoms with Crippen LogP contribution < -0.4 is 10.6 Å². The number of rotatable bonds is 6. The molecule has 0 aromatic heterocycles. The molecule has 2 N–H and O–H groups in total. The largest absolute Gasteiger partial charge is 0.353 e. The second-order valence-corrected chi connectivity index (χ2v) is 7.27. The van der Waals surface area contributed by atoms with Gasteiger partial charge < -0.3 is 15.5 Å². The Morgan fingerprint density at radius 2 is 1.73 bits per heavy atom. The van der Waals surface area contributed by atoms with E-state index in [1.807, 2.05) is 48.5 Å². The maximum absolute atomic E-state index is 12.5. The monoisotopic (exact) mass is 369 g/mol. The molecule has 2 aromatic rings. The Morgan fingerprint density at radius 1 is 1.04 bits per heavy atom. The van der Waals surface area contributed by atoms with Crippen molar-refractivity contribution in [1.29, 1.82) is 0 Å². The van der Waals surface area contributed by atoms with Crippen molar-refractivity contribution in [1.82, 2.24) is 10.2 Å². The van der Waals surface area contributed by atoms with Crippen molar-refractivity contribution >= 4 is 29.4 Å². The number of anilines is 1. The first-order chi connectivity index (χ1) is 12.7. The van der Waals surface area contributed by atoms with Crippen molar-refractivity contribution in [2.75, 3.05) is 24.2 Å². The van der Waals surface area contributed by atoms with Gasteiger partial charge in [-0.1, -0.05) is 36.4 Å². The summed E-state index contributed by atoms with van der Waals surface area (Å²) in [6, 6.07) is 18.8. The lowest BCUT2D eigenvalue weighted by Gasteiger charge is -2.24. The maximum atomic E-state index is 12.5. The van der Waals surface area contributed by atoms with Gasteiger partial charge in [0.1, 0.15) is 6.04 Å². The summed E-state index contributed by atoms with van der Waals surface area (Å²) in [5.74, 6) is 0.734. The van der Waals surface area contributed by atoms with Crippen LogP contribution in [0.3, 0.4) is 0 Å². The first kappa shape index (κ1) is 18.3. The average Bonchev–Trinajstić information content (AvgIpc) is 3.17. The highest BCUT2D eigenvalue weighted by Crippen LogP contribution is 2.20. The van der Waals surface area contributed by atoms with Crippen molar-refractivity contribution in [2.45, 2.75) is 23.8 Å². The molecule has 1 saturated heterocycles. The maximum Gasteiger partial charge on any atom is 0.322 e. The van der Waals surface area contributed by atoms with E-state index in [1.165, 1.54) is 4.90 Å². The number of benzene rings is 2. The topological polar surface area (TPSA) is 61.4 Å². The molecule has 0 aliphatic carbocycles.